The first-order valence-corrected chi connectivity index (χ1v) is 4.40. The van der Waals surface area contributed by atoms with Crippen molar-refractivity contribution in [3.63, 3.8) is 0 Å². The lowest BCUT2D eigenvalue weighted by Crippen LogP contribution is -1.86. The normalized spacial score (nSPS) is 8.40. The summed E-state index contributed by atoms with van der Waals surface area (Å²) in [5.41, 5.74) is 0. The second kappa shape index (κ2) is 16.0. The van der Waals surface area contributed by atoms with Crippen LogP contribution in [-0.4, -0.2) is 13.7 Å². The van der Waals surface area contributed by atoms with E-state index in [9.17, 15) is 0 Å². The first-order valence-electron chi connectivity index (χ1n) is 4.40. The lowest BCUT2D eigenvalue weighted by Gasteiger charge is -1.95. The minimum Gasteiger partial charge on any atom is -0.385 e. The predicted octanol–water partition coefficient (Wildman–Crippen LogP) is 3.24. The van der Waals surface area contributed by atoms with Gasteiger partial charge in [0.05, 0.1) is 0 Å². The van der Waals surface area contributed by atoms with Gasteiger partial charge >= 0.3 is 0 Å². The second-order valence-corrected chi connectivity index (χ2v) is 2.05. The maximum Gasteiger partial charge on any atom is 0.0462 e. The Hall–Kier alpha value is -0.0400. The minimum atomic E-state index is 0.931. The van der Waals surface area contributed by atoms with E-state index in [1.54, 1.807) is 7.11 Å². The van der Waals surface area contributed by atoms with Gasteiger partial charge in [0.15, 0.2) is 0 Å². The summed E-state index contributed by atoms with van der Waals surface area (Å²) in [6.45, 7) is 7.15. The van der Waals surface area contributed by atoms with Gasteiger partial charge in [-0.1, -0.05) is 40.0 Å². The SMILES string of the molecule is CC.CCCCCCOC. The summed E-state index contributed by atoms with van der Waals surface area (Å²) in [4.78, 5) is 0. The van der Waals surface area contributed by atoms with Crippen LogP contribution in [0.1, 0.15) is 46.5 Å². The molecule has 0 saturated heterocycles. The van der Waals surface area contributed by atoms with Crippen molar-refractivity contribution in [3.05, 3.63) is 0 Å². The standard InChI is InChI=1S/C7H16O.C2H6/c1-3-4-5-6-7-8-2;1-2/h3-7H2,1-2H3;1-2H3. The molecule has 0 aliphatic rings. The van der Waals surface area contributed by atoms with Crippen LogP contribution in [0.25, 0.3) is 0 Å². The lowest BCUT2D eigenvalue weighted by atomic mass is 10.2. The Morgan fingerprint density at radius 1 is 1.00 bits per heavy atom. The van der Waals surface area contributed by atoms with Crippen molar-refractivity contribution in [2.75, 3.05) is 13.7 Å². The highest BCUT2D eigenvalue weighted by molar-refractivity contribution is 4.37. The molecule has 10 heavy (non-hydrogen) atoms. The molecule has 0 aliphatic heterocycles. The van der Waals surface area contributed by atoms with Crippen LogP contribution in [0, 0.1) is 0 Å². The van der Waals surface area contributed by atoms with Crippen molar-refractivity contribution in [3.8, 4) is 0 Å². The first-order chi connectivity index (χ1) is 4.91. The maximum atomic E-state index is 4.89. The Balaban J connectivity index is 0. The maximum absolute atomic E-state index is 4.89. The summed E-state index contributed by atoms with van der Waals surface area (Å²) < 4.78 is 4.89. The van der Waals surface area contributed by atoms with E-state index in [1.807, 2.05) is 13.8 Å². The van der Waals surface area contributed by atoms with Gasteiger partial charge in [-0.3, -0.25) is 0 Å². The van der Waals surface area contributed by atoms with E-state index in [0.717, 1.165) is 6.61 Å². The van der Waals surface area contributed by atoms with Crippen molar-refractivity contribution in [1.29, 1.82) is 0 Å². The molecular weight excluding hydrogens is 124 g/mol. The molecule has 0 aromatic heterocycles. The molecule has 0 N–H and O–H groups in total. The van der Waals surface area contributed by atoms with E-state index in [2.05, 4.69) is 6.92 Å². The summed E-state index contributed by atoms with van der Waals surface area (Å²) in [6, 6.07) is 0. The predicted molar refractivity (Wildman–Crippen MR) is 47.4 cm³/mol. The summed E-state index contributed by atoms with van der Waals surface area (Å²) in [5.74, 6) is 0. The Bertz CT molecular complexity index is 29.7. The second-order valence-electron chi connectivity index (χ2n) is 2.05. The molecule has 0 saturated carbocycles. The number of unbranched alkanes of at least 4 members (excludes halogenated alkanes) is 3. The van der Waals surface area contributed by atoms with Crippen molar-refractivity contribution >= 4 is 0 Å². The van der Waals surface area contributed by atoms with Gasteiger partial charge in [0.25, 0.3) is 0 Å². The van der Waals surface area contributed by atoms with Gasteiger partial charge in [-0.15, -0.1) is 0 Å². The van der Waals surface area contributed by atoms with Crippen LogP contribution in [0.15, 0.2) is 0 Å². The van der Waals surface area contributed by atoms with Gasteiger partial charge in [-0.05, 0) is 6.42 Å². The number of ether oxygens (including phenoxy) is 1. The van der Waals surface area contributed by atoms with E-state index >= 15 is 0 Å². The Morgan fingerprint density at radius 3 is 2.00 bits per heavy atom. The van der Waals surface area contributed by atoms with Crippen LogP contribution >= 0.6 is 0 Å². The molecule has 64 valence electrons. The van der Waals surface area contributed by atoms with Crippen molar-refractivity contribution in [2.45, 2.75) is 46.5 Å². The molecule has 0 bridgehead atoms. The van der Waals surface area contributed by atoms with Gasteiger partial charge in [0.2, 0.25) is 0 Å². The van der Waals surface area contributed by atoms with E-state index in [-0.39, 0.29) is 0 Å². The van der Waals surface area contributed by atoms with Crippen molar-refractivity contribution < 1.29 is 4.74 Å². The zero-order chi connectivity index (χ0) is 8.24. The molecule has 0 radical (unpaired) electrons. The fourth-order valence-corrected chi connectivity index (χ4v) is 0.673. The molecule has 0 amide bonds. The Kier molecular flexibility index (Phi) is 20.2. The monoisotopic (exact) mass is 146 g/mol. The third-order valence-electron chi connectivity index (χ3n) is 1.20. The highest BCUT2D eigenvalue weighted by atomic mass is 16.5. The first kappa shape index (κ1) is 12.6. The Morgan fingerprint density at radius 2 is 1.60 bits per heavy atom. The highest BCUT2D eigenvalue weighted by Crippen LogP contribution is 1.97. The molecule has 0 unspecified atom stereocenters. The highest BCUT2D eigenvalue weighted by Gasteiger charge is 1.83. The molecule has 0 atom stereocenters. The van der Waals surface area contributed by atoms with E-state index in [0.29, 0.717) is 0 Å². The van der Waals surface area contributed by atoms with E-state index < -0.39 is 0 Å². The zero-order valence-electron chi connectivity index (χ0n) is 7.94. The van der Waals surface area contributed by atoms with Gasteiger partial charge in [-0.2, -0.15) is 0 Å². The van der Waals surface area contributed by atoms with Gasteiger partial charge in [0.1, 0.15) is 0 Å². The molecule has 0 aromatic rings. The lowest BCUT2D eigenvalue weighted by molar-refractivity contribution is 0.192. The largest absolute Gasteiger partial charge is 0.385 e. The molecule has 0 spiro atoms. The van der Waals surface area contributed by atoms with Gasteiger partial charge in [-0.25, -0.2) is 0 Å². The smallest absolute Gasteiger partial charge is 0.0462 e. The quantitative estimate of drug-likeness (QED) is 0.541. The number of hydrogen-bond acceptors (Lipinski definition) is 1. The van der Waals surface area contributed by atoms with E-state index in [1.165, 1.54) is 25.7 Å². The van der Waals surface area contributed by atoms with Crippen LogP contribution in [0.4, 0.5) is 0 Å². The Labute approximate surface area is 65.8 Å². The summed E-state index contributed by atoms with van der Waals surface area (Å²) in [6.07, 6.45) is 5.21. The van der Waals surface area contributed by atoms with Crippen LogP contribution in [-0.2, 0) is 4.74 Å². The van der Waals surface area contributed by atoms with Crippen molar-refractivity contribution in [2.24, 2.45) is 0 Å². The molecule has 0 rings (SSSR count). The third kappa shape index (κ3) is 15.7. The summed E-state index contributed by atoms with van der Waals surface area (Å²) in [5, 5.41) is 0. The molecule has 1 heteroatoms. The number of hydrogen-bond donors (Lipinski definition) is 0. The van der Waals surface area contributed by atoms with Crippen LogP contribution in [0.3, 0.4) is 0 Å². The van der Waals surface area contributed by atoms with Crippen LogP contribution in [0.5, 0.6) is 0 Å². The molecular formula is C9H22O. The minimum absolute atomic E-state index is 0.931. The molecule has 1 nitrogen and oxygen atoms in total. The van der Waals surface area contributed by atoms with Gasteiger partial charge < -0.3 is 4.74 Å². The fraction of sp³-hybridized carbons (Fsp3) is 1.00. The number of rotatable bonds is 5. The van der Waals surface area contributed by atoms with Crippen LogP contribution < -0.4 is 0 Å². The molecule has 0 heterocycles. The molecule has 0 aliphatic carbocycles. The summed E-state index contributed by atoms with van der Waals surface area (Å²) >= 11 is 0. The number of methoxy groups -OCH3 is 1. The average Bonchev–Trinajstić information content (AvgIpc) is 2.02. The van der Waals surface area contributed by atoms with E-state index in [4.69, 9.17) is 4.74 Å². The summed E-state index contributed by atoms with van der Waals surface area (Å²) in [7, 11) is 1.76. The zero-order valence-corrected chi connectivity index (χ0v) is 7.94. The van der Waals surface area contributed by atoms with Gasteiger partial charge in [0, 0.05) is 13.7 Å². The average molecular weight is 146 g/mol. The molecule has 0 aromatic carbocycles. The topological polar surface area (TPSA) is 9.23 Å². The van der Waals surface area contributed by atoms with Crippen molar-refractivity contribution in [1.82, 2.24) is 0 Å². The van der Waals surface area contributed by atoms with Crippen LogP contribution in [0.2, 0.25) is 0 Å². The third-order valence-corrected chi connectivity index (χ3v) is 1.20. The molecule has 0 fully saturated rings. The fourth-order valence-electron chi connectivity index (χ4n) is 0.673.